The van der Waals surface area contributed by atoms with Crippen LogP contribution in [0.25, 0.3) is 0 Å². The molecule has 3 nitrogen and oxygen atoms in total. The fourth-order valence-electron chi connectivity index (χ4n) is 0.722. The van der Waals surface area contributed by atoms with Crippen LogP contribution in [-0.4, -0.2) is 17.1 Å². The highest BCUT2D eigenvalue weighted by atomic mass is 16.5. The van der Waals surface area contributed by atoms with Crippen LogP contribution in [-0.2, 0) is 0 Å². The normalized spacial score (nSPS) is 9.50. The Hall–Kier alpha value is -1.12. The van der Waals surface area contributed by atoms with E-state index in [0.29, 0.717) is 5.88 Å². The van der Waals surface area contributed by atoms with Gasteiger partial charge in [0.05, 0.1) is 7.11 Å². The minimum atomic E-state index is 0.660. The van der Waals surface area contributed by atoms with E-state index < -0.39 is 0 Å². The lowest BCUT2D eigenvalue weighted by Gasteiger charge is -2.02. The quantitative estimate of drug-likeness (QED) is 0.583. The zero-order chi connectivity index (χ0) is 7.56. The van der Waals surface area contributed by atoms with Gasteiger partial charge in [0.1, 0.15) is 6.33 Å². The molecule has 1 aromatic rings. The van der Waals surface area contributed by atoms with Crippen LogP contribution in [0.15, 0.2) is 6.33 Å². The van der Waals surface area contributed by atoms with Gasteiger partial charge >= 0.3 is 0 Å². The van der Waals surface area contributed by atoms with Crippen molar-refractivity contribution in [3.8, 4) is 5.88 Å². The molecule has 0 saturated carbocycles. The molecule has 0 aromatic carbocycles. The van der Waals surface area contributed by atoms with Crippen LogP contribution in [0, 0.1) is 13.8 Å². The highest BCUT2D eigenvalue weighted by Crippen LogP contribution is 2.13. The number of aryl methyl sites for hydroxylation is 1. The SMILES string of the molecule is COc1ncnc(C)c1C. The first-order valence-corrected chi connectivity index (χ1v) is 3.08. The van der Waals surface area contributed by atoms with Crippen molar-refractivity contribution in [2.75, 3.05) is 7.11 Å². The van der Waals surface area contributed by atoms with Gasteiger partial charge in [-0.25, -0.2) is 9.97 Å². The summed E-state index contributed by atoms with van der Waals surface area (Å²) in [6.45, 7) is 3.87. The molecular weight excluding hydrogens is 128 g/mol. The molecule has 0 aliphatic heterocycles. The smallest absolute Gasteiger partial charge is 0.219 e. The summed E-state index contributed by atoms with van der Waals surface area (Å²) in [5, 5.41) is 0. The Morgan fingerprint density at radius 1 is 1.30 bits per heavy atom. The molecule has 0 fully saturated rings. The van der Waals surface area contributed by atoms with E-state index in [9.17, 15) is 0 Å². The second kappa shape index (κ2) is 2.64. The van der Waals surface area contributed by atoms with Crippen LogP contribution >= 0.6 is 0 Å². The molecule has 3 heteroatoms. The Bertz CT molecular complexity index is 235. The van der Waals surface area contributed by atoms with Crippen molar-refractivity contribution in [1.29, 1.82) is 0 Å². The van der Waals surface area contributed by atoms with E-state index in [2.05, 4.69) is 9.97 Å². The molecule has 0 spiro atoms. The average Bonchev–Trinajstić information content (AvgIpc) is 1.95. The van der Waals surface area contributed by atoms with Crippen LogP contribution in [0.3, 0.4) is 0 Å². The second-order valence-corrected chi connectivity index (χ2v) is 2.09. The molecule has 0 saturated heterocycles. The molecule has 0 unspecified atom stereocenters. The first kappa shape index (κ1) is 6.99. The van der Waals surface area contributed by atoms with Gasteiger partial charge in [0.2, 0.25) is 5.88 Å². The number of nitrogens with zero attached hydrogens (tertiary/aromatic N) is 2. The number of aromatic nitrogens is 2. The monoisotopic (exact) mass is 138 g/mol. The summed E-state index contributed by atoms with van der Waals surface area (Å²) in [4.78, 5) is 7.92. The Morgan fingerprint density at radius 2 is 2.00 bits per heavy atom. The van der Waals surface area contributed by atoms with Crippen molar-refractivity contribution < 1.29 is 4.74 Å². The van der Waals surface area contributed by atoms with Crippen molar-refractivity contribution in [1.82, 2.24) is 9.97 Å². The molecule has 0 aliphatic rings. The maximum atomic E-state index is 4.97. The number of ether oxygens (including phenoxy) is 1. The van der Waals surface area contributed by atoms with Crippen LogP contribution in [0.5, 0.6) is 5.88 Å². The van der Waals surface area contributed by atoms with E-state index in [1.54, 1.807) is 7.11 Å². The molecule has 0 radical (unpaired) electrons. The highest BCUT2D eigenvalue weighted by Gasteiger charge is 2.00. The molecule has 1 heterocycles. The average molecular weight is 138 g/mol. The molecule has 0 N–H and O–H groups in total. The van der Waals surface area contributed by atoms with Gasteiger partial charge in [-0.1, -0.05) is 0 Å². The summed E-state index contributed by atoms with van der Waals surface area (Å²) in [6, 6.07) is 0. The zero-order valence-corrected chi connectivity index (χ0v) is 6.38. The molecule has 0 amide bonds. The zero-order valence-electron chi connectivity index (χ0n) is 6.38. The van der Waals surface area contributed by atoms with E-state index in [0.717, 1.165) is 11.3 Å². The molecule has 0 aliphatic carbocycles. The first-order valence-electron chi connectivity index (χ1n) is 3.08. The predicted octanol–water partition coefficient (Wildman–Crippen LogP) is 1.10. The largest absolute Gasteiger partial charge is 0.481 e. The Kier molecular flexibility index (Phi) is 1.85. The van der Waals surface area contributed by atoms with Crippen LogP contribution < -0.4 is 4.74 Å². The van der Waals surface area contributed by atoms with E-state index in [1.165, 1.54) is 6.33 Å². The van der Waals surface area contributed by atoms with Crippen LogP contribution in [0.4, 0.5) is 0 Å². The standard InChI is InChI=1S/C7H10N2O/c1-5-6(2)8-4-9-7(5)10-3/h4H,1-3H3. The van der Waals surface area contributed by atoms with Crippen molar-refractivity contribution in [2.45, 2.75) is 13.8 Å². The van der Waals surface area contributed by atoms with Crippen LogP contribution in [0.2, 0.25) is 0 Å². The topological polar surface area (TPSA) is 35.0 Å². The number of methoxy groups -OCH3 is 1. The third kappa shape index (κ3) is 1.07. The van der Waals surface area contributed by atoms with Gasteiger partial charge < -0.3 is 4.74 Å². The van der Waals surface area contributed by atoms with E-state index in [1.807, 2.05) is 13.8 Å². The lowest BCUT2D eigenvalue weighted by molar-refractivity contribution is 0.392. The van der Waals surface area contributed by atoms with Gasteiger partial charge in [-0.3, -0.25) is 0 Å². The molecule has 0 atom stereocenters. The minimum absolute atomic E-state index is 0.660. The van der Waals surface area contributed by atoms with E-state index in [4.69, 9.17) is 4.74 Å². The minimum Gasteiger partial charge on any atom is -0.481 e. The van der Waals surface area contributed by atoms with Crippen molar-refractivity contribution >= 4 is 0 Å². The lowest BCUT2D eigenvalue weighted by Crippen LogP contribution is -1.95. The maximum absolute atomic E-state index is 4.97. The fraction of sp³-hybridized carbons (Fsp3) is 0.429. The first-order chi connectivity index (χ1) is 4.75. The summed E-state index contributed by atoms with van der Waals surface area (Å²) in [7, 11) is 1.61. The third-order valence-electron chi connectivity index (χ3n) is 1.48. The predicted molar refractivity (Wildman–Crippen MR) is 38.1 cm³/mol. The third-order valence-corrected chi connectivity index (χ3v) is 1.48. The molecule has 10 heavy (non-hydrogen) atoms. The lowest BCUT2D eigenvalue weighted by atomic mass is 10.3. The van der Waals surface area contributed by atoms with E-state index in [-0.39, 0.29) is 0 Å². The Labute approximate surface area is 60.1 Å². The molecule has 54 valence electrons. The molecule has 1 aromatic heterocycles. The van der Waals surface area contributed by atoms with Crippen LogP contribution in [0.1, 0.15) is 11.3 Å². The summed E-state index contributed by atoms with van der Waals surface area (Å²) in [5.41, 5.74) is 1.97. The summed E-state index contributed by atoms with van der Waals surface area (Å²) in [5.74, 6) is 0.660. The van der Waals surface area contributed by atoms with Gasteiger partial charge in [-0.05, 0) is 13.8 Å². The fourth-order valence-corrected chi connectivity index (χ4v) is 0.722. The number of hydrogen-bond donors (Lipinski definition) is 0. The van der Waals surface area contributed by atoms with Gasteiger partial charge in [-0.2, -0.15) is 0 Å². The molecule has 1 rings (SSSR count). The van der Waals surface area contributed by atoms with Gasteiger partial charge in [-0.15, -0.1) is 0 Å². The summed E-state index contributed by atoms with van der Waals surface area (Å²) >= 11 is 0. The molecule has 0 bridgehead atoms. The summed E-state index contributed by atoms with van der Waals surface area (Å²) < 4.78 is 4.97. The Balaban J connectivity index is 3.14. The Morgan fingerprint density at radius 3 is 2.50 bits per heavy atom. The van der Waals surface area contributed by atoms with Crippen molar-refractivity contribution in [3.05, 3.63) is 17.6 Å². The van der Waals surface area contributed by atoms with Crippen molar-refractivity contribution in [3.63, 3.8) is 0 Å². The second-order valence-electron chi connectivity index (χ2n) is 2.09. The van der Waals surface area contributed by atoms with Gasteiger partial charge in [0.25, 0.3) is 0 Å². The van der Waals surface area contributed by atoms with Crippen molar-refractivity contribution in [2.24, 2.45) is 0 Å². The maximum Gasteiger partial charge on any atom is 0.219 e. The summed E-state index contributed by atoms with van der Waals surface area (Å²) in [6.07, 6.45) is 1.50. The van der Waals surface area contributed by atoms with E-state index >= 15 is 0 Å². The molecular formula is C7H10N2O. The number of hydrogen-bond acceptors (Lipinski definition) is 3. The van der Waals surface area contributed by atoms with Gasteiger partial charge in [0, 0.05) is 11.3 Å². The van der Waals surface area contributed by atoms with Gasteiger partial charge in [0.15, 0.2) is 0 Å². The number of rotatable bonds is 1. The highest BCUT2D eigenvalue weighted by molar-refractivity contribution is 5.26.